The zero-order chi connectivity index (χ0) is 19.7. The SMILES string of the molecule is Cc1noc(C)c1CN1CC(N2CC(C(=O)NCc3ccccc3)CC2=O)C1. The van der Waals surface area contributed by atoms with Gasteiger partial charge in [0.1, 0.15) is 5.76 Å². The van der Waals surface area contributed by atoms with E-state index in [9.17, 15) is 9.59 Å². The summed E-state index contributed by atoms with van der Waals surface area (Å²) in [5.41, 5.74) is 3.11. The molecular formula is C21H26N4O3. The highest BCUT2D eigenvalue weighted by Crippen LogP contribution is 2.27. The number of aryl methyl sites for hydroxylation is 2. The molecule has 7 nitrogen and oxygen atoms in total. The van der Waals surface area contributed by atoms with Crippen molar-refractivity contribution < 1.29 is 14.1 Å². The number of nitrogens with one attached hydrogen (secondary N) is 1. The maximum Gasteiger partial charge on any atom is 0.225 e. The van der Waals surface area contributed by atoms with Crippen molar-refractivity contribution in [3.05, 3.63) is 52.9 Å². The van der Waals surface area contributed by atoms with Gasteiger partial charge in [0.2, 0.25) is 11.8 Å². The Kier molecular flexibility index (Phi) is 5.17. The van der Waals surface area contributed by atoms with Crippen molar-refractivity contribution in [1.82, 2.24) is 20.3 Å². The number of rotatable bonds is 6. The van der Waals surface area contributed by atoms with Gasteiger partial charge < -0.3 is 14.7 Å². The molecule has 3 heterocycles. The predicted molar refractivity (Wildman–Crippen MR) is 103 cm³/mol. The smallest absolute Gasteiger partial charge is 0.225 e. The summed E-state index contributed by atoms with van der Waals surface area (Å²) in [6.07, 6.45) is 0.307. The van der Waals surface area contributed by atoms with Gasteiger partial charge in [-0.3, -0.25) is 14.5 Å². The molecule has 0 bridgehead atoms. The Balaban J connectivity index is 1.26. The van der Waals surface area contributed by atoms with Crippen LogP contribution in [0.2, 0.25) is 0 Å². The van der Waals surface area contributed by atoms with Crippen molar-refractivity contribution in [2.75, 3.05) is 19.6 Å². The van der Waals surface area contributed by atoms with Crippen molar-refractivity contribution in [2.24, 2.45) is 5.92 Å². The summed E-state index contributed by atoms with van der Waals surface area (Å²) < 4.78 is 5.22. The van der Waals surface area contributed by atoms with Gasteiger partial charge in [0, 0.05) is 44.7 Å². The third-order valence-corrected chi connectivity index (χ3v) is 5.78. The number of benzene rings is 1. The van der Waals surface area contributed by atoms with Gasteiger partial charge >= 0.3 is 0 Å². The van der Waals surface area contributed by atoms with E-state index in [2.05, 4.69) is 15.4 Å². The molecule has 0 radical (unpaired) electrons. The highest BCUT2D eigenvalue weighted by Gasteiger charge is 2.42. The molecule has 7 heteroatoms. The van der Waals surface area contributed by atoms with Crippen LogP contribution in [0, 0.1) is 19.8 Å². The zero-order valence-corrected chi connectivity index (χ0v) is 16.4. The van der Waals surface area contributed by atoms with Crippen LogP contribution in [0.25, 0.3) is 0 Å². The van der Waals surface area contributed by atoms with Gasteiger partial charge in [0.05, 0.1) is 17.7 Å². The third kappa shape index (κ3) is 3.80. The van der Waals surface area contributed by atoms with E-state index in [1.807, 2.05) is 49.1 Å². The number of amides is 2. The molecule has 2 aromatic rings. The Morgan fingerprint density at radius 2 is 1.96 bits per heavy atom. The maximum atomic E-state index is 12.5. The minimum absolute atomic E-state index is 0.0356. The lowest BCUT2D eigenvalue weighted by atomic mass is 10.0. The molecule has 1 atom stereocenters. The Labute approximate surface area is 164 Å². The van der Waals surface area contributed by atoms with E-state index in [-0.39, 0.29) is 23.8 Å². The van der Waals surface area contributed by atoms with Gasteiger partial charge in [-0.25, -0.2) is 0 Å². The molecular weight excluding hydrogens is 356 g/mol. The molecule has 148 valence electrons. The van der Waals surface area contributed by atoms with Crippen molar-refractivity contribution in [3.8, 4) is 0 Å². The van der Waals surface area contributed by atoms with Crippen molar-refractivity contribution in [2.45, 2.75) is 39.4 Å². The minimum atomic E-state index is -0.257. The molecule has 0 saturated carbocycles. The van der Waals surface area contributed by atoms with Crippen molar-refractivity contribution in [3.63, 3.8) is 0 Å². The number of hydrogen-bond donors (Lipinski definition) is 1. The van der Waals surface area contributed by atoms with E-state index in [0.717, 1.165) is 42.2 Å². The van der Waals surface area contributed by atoms with Gasteiger partial charge in [-0.2, -0.15) is 0 Å². The van der Waals surface area contributed by atoms with Crippen LogP contribution in [-0.2, 0) is 22.7 Å². The average molecular weight is 382 g/mol. The molecule has 4 rings (SSSR count). The molecule has 2 aliphatic rings. The molecule has 2 saturated heterocycles. The normalized spacial score (nSPS) is 20.4. The summed E-state index contributed by atoms with van der Waals surface area (Å²) >= 11 is 0. The summed E-state index contributed by atoms with van der Waals surface area (Å²) in [6.45, 7) is 7.34. The molecule has 2 aliphatic heterocycles. The summed E-state index contributed by atoms with van der Waals surface area (Å²) in [4.78, 5) is 29.1. The Bertz CT molecular complexity index is 838. The Morgan fingerprint density at radius 3 is 2.64 bits per heavy atom. The molecule has 1 N–H and O–H groups in total. The van der Waals surface area contributed by atoms with Gasteiger partial charge in [-0.15, -0.1) is 0 Å². The van der Waals surface area contributed by atoms with Crippen LogP contribution in [0.15, 0.2) is 34.9 Å². The standard InChI is InChI=1S/C21H26N4O3/c1-14-19(15(2)28-23-14)13-24-11-18(12-24)25-10-17(8-20(25)26)21(27)22-9-16-6-4-3-5-7-16/h3-7,17-18H,8-13H2,1-2H3,(H,22,27). The summed E-state index contributed by atoms with van der Waals surface area (Å²) in [5.74, 6) is 0.648. The first-order valence-electron chi connectivity index (χ1n) is 9.76. The fraction of sp³-hybridized carbons (Fsp3) is 0.476. The summed E-state index contributed by atoms with van der Waals surface area (Å²) in [6, 6.07) is 10.0. The Hall–Kier alpha value is -2.67. The van der Waals surface area contributed by atoms with Gasteiger partial charge in [-0.1, -0.05) is 35.5 Å². The van der Waals surface area contributed by atoms with Crippen molar-refractivity contribution >= 4 is 11.8 Å². The van der Waals surface area contributed by atoms with E-state index in [1.54, 1.807) is 0 Å². The number of likely N-dealkylation sites (tertiary alicyclic amines) is 2. The van der Waals surface area contributed by atoms with Crippen LogP contribution in [0.5, 0.6) is 0 Å². The molecule has 1 aromatic carbocycles. The molecule has 1 unspecified atom stereocenters. The van der Waals surface area contributed by atoms with Crippen LogP contribution in [0.1, 0.15) is 29.0 Å². The van der Waals surface area contributed by atoms with Crippen LogP contribution >= 0.6 is 0 Å². The second-order valence-corrected chi connectivity index (χ2v) is 7.80. The van der Waals surface area contributed by atoms with Crippen LogP contribution in [0.3, 0.4) is 0 Å². The van der Waals surface area contributed by atoms with Crippen LogP contribution in [0.4, 0.5) is 0 Å². The molecule has 2 fully saturated rings. The Morgan fingerprint density at radius 1 is 1.21 bits per heavy atom. The maximum absolute atomic E-state index is 12.5. The highest BCUT2D eigenvalue weighted by molar-refractivity contribution is 5.89. The van der Waals surface area contributed by atoms with E-state index < -0.39 is 0 Å². The predicted octanol–water partition coefficient (Wildman–Crippen LogP) is 1.64. The first-order valence-corrected chi connectivity index (χ1v) is 9.76. The third-order valence-electron chi connectivity index (χ3n) is 5.78. The lowest BCUT2D eigenvalue weighted by Gasteiger charge is -2.44. The monoisotopic (exact) mass is 382 g/mol. The van der Waals surface area contributed by atoms with E-state index in [4.69, 9.17) is 4.52 Å². The van der Waals surface area contributed by atoms with Gasteiger partial charge in [0.25, 0.3) is 0 Å². The second-order valence-electron chi connectivity index (χ2n) is 7.80. The second kappa shape index (κ2) is 7.75. The fourth-order valence-electron chi connectivity index (χ4n) is 4.01. The molecule has 28 heavy (non-hydrogen) atoms. The summed E-state index contributed by atoms with van der Waals surface area (Å²) in [5, 5.41) is 6.96. The number of nitrogens with zero attached hydrogens (tertiary/aromatic N) is 3. The van der Waals surface area contributed by atoms with E-state index >= 15 is 0 Å². The molecule has 2 amide bonds. The number of aromatic nitrogens is 1. The summed E-state index contributed by atoms with van der Waals surface area (Å²) in [7, 11) is 0. The first-order chi connectivity index (χ1) is 13.5. The largest absolute Gasteiger partial charge is 0.361 e. The number of carbonyl (C=O) groups excluding carboxylic acids is 2. The lowest BCUT2D eigenvalue weighted by molar-refractivity contribution is -0.133. The zero-order valence-electron chi connectivity index (χ0n) is 16.4. The minimum Gasteiger partial charge on any atom is -0.361 e. The van der Waals surface area contributed by atoms with Gasteiger partial charge in [-0.05, 0) is 19.4 Å². The number of carbonyl (C=O) groups is 2. The number of hydrogen-bond acceptors (Lipinski definition) is 5. The van der Waals surface area contributed by atoms with Gasteiger partial charge in [0.15, 0.2) is 0 Å². The first kappa shape index (κ1) is 18.7. The molecule has 0 spiro atoms. The quantitative estimate of drug-likeness (QED) is 0.822. The lowest BCUT2D eigenvalue weighted by Crippen LogP contribution is -2.59. The fourth-order valence-corrected chi connectivity index (χ4v) is 4.01. The van der Waals surface area contributed by atoms with E-state index in [1.165, 1.54) is 0 Å². The molecule has 0 aliphatic carbocycles. The highest BCUT2D eigenvalue weighted by atomic mass is 16.5. The average Bonchev–Trinajstić information content (AvgIpc) is 3.19. The van der Waals surface area contributed by atoms with Crippen molar-refractivity contribution in [1.29, 1.82) is 0 Å². The molecule has 1 aromatic heterocycles. The van der Waals surface area contributed by atoms with Crippen LogP contribution < -0.4 is 5.32 Å². The van der Waals surface area contributed by atoms with E-state index in [0.29, 0.717) is 19.5 Å². The topological polar surface area (TPSA) is 78.7 Å². The van der Waals surface area contributed by atoms with Crippen LogP contribution in [-0.4, -0.2) is 52.4 Å².